The van der Waals surface area contributed by atoms with E-state index < -0.39 is 5.24 Å². The summed E-state index contributed by atoms with van der Waals surface area (Å²) in [5.74, 6) is 0.716. The summed E-state index contributed by atoms with van der Waals surface area (Å²) in [4.78, 5) is 11.3. The van der Waals surface area contributed by atoms with E-state index in [1.807, 2.05) is 0 Å². The normalized spacial score (nSPS) is 10.1. The van der Waals surface area contributed by atoms with E-state index >= 15 is 0 Å². The van der Waals surface area contributed by atoms with E-state index in [2.05, 4.69) is 0 Å². The van der Waals surface area contributed by atoms with Gasteiger partial charge in [-0.2, -0.15) is 0 Å². The van der Waals surface area contributed by atoms with Crippen LogP contribution in [0, 0.1) is 0 Å². The number of hydrogen-bond donors (Lipinski definition) is 0. The molecule has 0 aliphatic rings. The van der Waals surface area contributed by atoms with Crippen LogP contribution in [0.3, 0.4) is 0 Å². The first-order valence-corrected chi connectivity index (χ1v) is 5.55. The summed E-state index contributed by atoms with van der Waals surface area (Å²) in [6, 6.07) is 1.49. The van der Waals surface area contributed by atoms with Crippen LogP contribution in [-0.2, 0) is 5.88 Å². The van der Waals surface area contributed by atoms with Crippen LogP contribution in [0.2, 0.25) is 5.02 Å². The van der Waals surface area contributed by atoms with Crippen molar-refractivity contribution in [2.45, 2.75) is 5.88 Å². The minimum atomic E-state index is -0.669. The molecule has 0 bridgehead atoms. The lowest BCUT2D eigenvalue weighted by Gasteiger charge is -2.14. The molecular formula is C10H9Cl3O3. The van der Waals surface area contributed by atoms with Gasteiger partial charge in [-0.25, -0.2) is 0 Å². The van der Waals surface area contributed by atoms with Gasteiger partial charge in [0.05, 0.1) is 24.8 Å². The van der Waals surface area contributed by atoms with Crippen LogP contribution in [-0.4, -0.2) is 19.5 Å². The van der Waals surface area contributed by atoms with E-state index in [-0.39, 0.29) is 22.2 Å². The fourth-order valence-electron chi connectivity index (χ4n) is 1.31. The molecule has 0 radical (unpaired) electrons. The number of hydrogen-bond acceptors (Lipinski definition) is 3. The molecule has 0 amide bonds. The Balaban J connectivity index is 3.57. The topological polar surface area (TPSA) is 35.5 Å². The highest BCUT2D eigenvalue weighted by Crippen LogP contribution is 2.38. The Bertz CT molecular complexity index is 418. The van der Waals surface area contributed by atoms with Crippen molar-refractivity contribution in [3.05, 3.63) is 22.2 Å². The molecule has 0 heterocycles. The molecule has 0 atom stereocenters. The summed E-state index contributed by atoms with van der Waals surface area (Å²) in [5, 5.41) is -0.403. The highest BCUT2D eigenvalue weighted by atomic mass is 35.5. The van der Waals surface area contributed by atoms with Crippen LogP contribution in [0.5, 0.6) is 11.5 Å². The van der Waals surface area contributed by atoms with E-state index in [4.69, 9.17) is 44.3 Å². The maximum Gasteiger partial charge on any atom is 0.256 e. The number of halogens is 3. The van der Waals surface area contributed by atoms with Crippen molar-refractivity contribution in [2.75, 3.05) is 14.2 Å². The summed E-state index contributed by atoms with van der Waals surface area (Å²) < 4.78 is 10.1. The number of benzene rings is 1. The van der Waals surface area contributed by atoms with Crippen LogP contribution in [0.15, 0.2) is 6.07 Å². The van der Waals surface area contributed by atoms with Crippen molar-refractivity contribution in [3.8, 4) is 11.5 Å². The molecule has 3 nitrogen and oxygen atoms in total. The second kappa shape index (κ2) is 5.62. The van der Waals surface area contributed by atoms with Crippen molar-refractivity contribution >= 4 is 40.0 Å². The van der Waals surface area contributed by atoms with Gasteiger partial charge in [0.1, 0.15) is 11.5 Å². The van der Waals surface area contributed by atoms with Gasteiger partial charge in [0, 0.05) is 17.5 Å². The first kappa shape index (κ1) is 13.4. The summed E-state index contributed by atoms with van der Waals surface area (Å²) >= 11 is 17.2. The molecule has 88 valence electrons. The standard InChI is InChI=1S/C10H9Cl3O3/c1-15-6-3-7(16-2)9(12)5(4-11)8(6)10(13)14/h3H,4H2,1-2H3. The molecule has 1 aromatic carbocycles. The Morgan fingerprint density at radius 1 is 1.31 bits per heavy atom. The number of ether oxygens (including phenoxy) is 2. The molecule has 0 fully saturated rings. The monoisotopic (exact) mass is 282 g/mol. The lowest BCUT2D eigenvalue weighted by Crippen LogP contribution is -2.03. The van der Waals surface area contributed by atoms with Crippen molar-refractivity contribution in [2.24, 2.45) is 0 Å². The molecule has 0 saturated carbocycles. The molecule has 1 aromatic rings. The Morgan fingerprint density at radius 3 is 2.25 bits per heavy atom. The van der Waals surface area contributed by atoms with Gasteiger partial charge in [0.2, 0.25) is 0 Å². The lowest BCUT2D eigenvalue weighted by atomic mass is 10.1. The zero-order chi connectivity index (χ0) is 12.3. The second-order valence-corrected chi connectivity index (χ2v) is 3.84. The van der Waals surface area contributed by atoms with Gasteiger partial charge in [-0.3, -0.25) is 4.79 Å². The molecule has 0 aliphatic heterocycles. The quantitative estimate of drug-likeness (QED) is 0.627. The van der Waals surface area contributed by atoms with Crippen molar-refractivity contribution in [1.29, 1.82) is 0 Å². The Kier molecular flexibility index (Phi) is 4.71. The third kappa shape index (κ3) is 2.37. The van der Waals surface area contributed by atoms with Gasteiger partial charge < -0.3 is 9.47 Å². The zero-order valence-corrected chi connectivity index (χ0v) is 10.9. The second-order valence-electron chi connectivity index (χ2n) is 2.86. The van der Waals surface area contributed by atoms with Crippen LogP contribution < -0.4 is 9.47 Å². The van der Waals surface area contributed by atoms with Crippen LogP contribution >= 0.6 is 34.8 Å². The average molecular weight is 284 g/mol. The minimum Gasteiger partial charge on any atom is -0.496 e. The van der Waals surface area contributed by atoms with Gasteiger partial charge in [0.25, 0.3) is 5.24 Å². The van der Waals surface area contributed by atoms with E-state index in [1.165, 1.54) is 20.3 Å². The summed E-state index contributed by atoms with van der Waals surface area (Å²) in [6.07, 6.45) is 0. The zero-order valence-electron chi connectivity index (χ0n) is 8.64. The molecule has 6 heteroatoms. The molecule has 1 rings (SSSR count). The first-order chi connectivity index (χ1) is 7.56. The first-order valence-electron chi connectivity index (χ1n) is 4.25. The fraction of sp³-hybridized carbons (Fsp3) is 0.300. The summed E-state index contributed by atoms with van der Waals surface area (Å²) in [7, 11) is 2.88. The number of methoxy groups -OCH3 is 2. The molecule has 16 heavy (non-hydrogen) atoms. The number of carbonyl (C=O) groups is 1. The van der Waals surface area contributed by atoms with Crippen LogP contribution in [0.4, 0.5) is 0 Å². The van der Waals surface area contributed by atoms with Crippen molar-refractivity contribution in [1.82, 2.24) is 0 Å². The fourth-order valence-corrected chi connectivity index (χ4v) is 2.15. The molecule has 0 aromatic heterocycles. The summed E-state index contributed by atoms with van der Waals surface area (Å²) in [6.45, 7) is 0. The van der Waals surface area contributed by atoms with Crippen LogP contribution in [0.1, 0.15) is 15.9 Å². The smallest absolute Gasteiger partial charge is 0.256 e. The molecule has 0 aliphatic carbocycles. The Labute approximate surface area is 108 Å². The van der Waals surface area contributed by atoms with Crippen LogP contribution in [0.25, 0.3) is 0 Å². The van der Waals surface area contributed by atoms with Gasteiger partial charge in [-0.05, 0) is 11.6 Å². The molecular weight excluding hydrogens is 274 g/mol. The van der Waals surface area contributed by atoms with E-state index in [0.29, 0.717) is 11.3 Å². The van der Waals surface area contributed by atoms with Gasteiger partial charge in [-0.1, -0.05) is 11.6 Å². The lowest BCUT2D eigenvalue weighted by molar-refractivity contribution is 0.107. The Morgan fingerprint density at radius 2 is 1.88 bits per heavy atom. The predicted molar refractivity (Wildman–Crippen MR) is 64.3 cm³/mol. The highest BCUT2D eigenvalue weighted by molar-refractivity contribution is 6.68. The van der Waals surface area contributed by atoms with Crippen molar-refractivity contribution < 1.29 is 14.3 Å². The summed E-state index contributed by atoms with van der Waals surface area (Å²) in [5.41, 5.74) is 0.574. The van der Waals surface area contributed by atoms with E-state index in [9.17, 15) is 4.79 Å². The third-order valence-electron chi connectivity index (χ3n) is 2.06. The largest absolute Gasteiger partial charge is 0.496 e. The maximum atomic E-state index is 11.3. The van der Waals surface area contributed by atoms with E-state index in [0.717, 1.165) is 0 Å². The Hall–Kier alpha value is -0.640. The molecule has 0 saturated heterocycles. The van der Waals surface area contributed by atoms with Crippen molar-refractivity contribution in [3.63, 3.8) is 0 Å². The number of rotatable bonds is 4. The molecule has 0 N–H and O–H groups in total. The van der Waals surface area contributed by atoms with Gasteiger partial charge in [0.15, 0.2) is 0 Å². The van der Waals surface area contributed by atoms with Gasteiger partial charge >= 0.3 is 0 Å². The molecule has 0 unspecified atom stereocenters. The molecule has 0 spiro atoms. The predicted octanol–water partition coefficient (Wildman–Crippen LogP) is 3.48. The number of alkyl halides is 1. The average Bonchev–Trinajstić information content (AvgIpc) is 2.27. The maximum absolute atomic E-state index is 11.3. The SMILES string of the molecule is COc1cc(OC)c(C(=O)Cl)c(CCl)c1Cl. The number of carbonyl (C=O) groups excluding carboxylic acids is 1. The third-order valence-corrected chi connectivity index (χ3v) is 2.93. The van der Waals surface area contributed by atoms with E-state index in [1.54, 1.807) is 0 Å². The highest BCUT2D eigenvalue weighted by Gasteiger charge is 2.21. The minimum absolute atomic E-state index is 0.0419. The van der Waals surface area contributed by atoms with Gasteiger partial charge in [-0.15, -0.1) is 11.6 Å².